The average Bonchev–Trinajstić information content (AvgIpc) is 3.50. The van der Waals surface area contributed by atoms with Crippen LogP contribution >= 0.6 is 11.6 Å². The zero-order valence-corrected chi connectivity index (χ0v) is 21.8. The van der Waals surface area contributed by atoms with Crippen LogP contribution in [0, 0.1) is 12.8 Å². The number of amides is 1. The van der Waals surface area contributed by atoms with Gasteiger partial charge in [-0.3, -0.25) is 4.79 Å². The second-order valence-electron chi connectivity index (χ2n) is 9.81. The van der Waals surface area contributed by atoms with Gasteiger partial charge in [-0.15, -0.1) is 0 Å². The predicted molar refractivity (Wildman–Crippen MR) is 142 cm³/mol. The number of hydrogen-bond acceptors (Lipinski definition) is 5. The Balaban J connectivity index is 1.41. The normalized spacial score (nSPS) is 17.1. The summed E-state index contributed by atoms with van der Waals surface area (Å²) in [7, 11) is 1.68. The van der Waals surface area contributed by atoms with Crippen molar-refractivity contribution in [1.29, 1.82) is 0 Å². The number of halogens is 1. The summed E-state index contributed by atoms with van der Waals surface area (Å²) in [5, 5.41) is 1.47. The minimum atomic E-state index is -0.160. The molecule has 0 bridgehead atoms. The average molecular weight is 518 g/mol. The molecular formula is C29H28ClN3O4. The number of fused-ring (bicyclic) bond motifs is 4. The third-order valence-electron chi connectivity index (χ3n) is 7.34. The minimum Gasteiger partial charge on any atom is -0.497 e. The van der Waals surface area contributed by atoms with Gasteiger partial charge in [0.15, 0.2) is 11.5 Å². The van der Waals surface area contributed by atoms with Crippen molar-refractivity contribution in [2.75, 3.05) is 20.4 Å². The van der Waals surface area contributed by atoms with Crippen molar-refractivity contribution in [2.24, 2.45) is 5.92 Å². The Hall–Kier alpha value is -3.71. The Kier molecular flexibility index (Phi) is 5.95. The smallest absolute Gasteiger partial charge is 0.254 e. The molecule has 1 N–H and O–H groups in total. The first-order valence-corrected chi connectivity index (χ1v) is 12.8. The predicted octanol–water partition coefficient (Wildman–Crippen LogP) is 5.88. The summed E-state index contributed by atoms with van der Waals surface area (Å²) < 4.78 is 16.6. The Morgan fingerprint density at radius 3 is 2.84 bits per heavy atom. The number of nitrogens with zero attached hydrogens (tertiary/aromatic N) is 2. The minimum absolute atomic E-state index is 0.0446. The maximum absolute atomic E-state index is 13.9. The fourth-order valence-electron chi connectivity index (χ4n) is 5.71. The Morgan fingerprint density at radius 1 is 1.19 bits per heavy atom. The van der Waals surface area contributed by atoms with Gasteiger partial charge in [-0.25, -0.2) is 4.98 Å². The highest BCUT2D eigenvalue weighted by atomic mass is 35.5. The van der Waals surface area contributed by atoms with Crippen LogP contribution in [0.4, 0.5) is 0 Å². The number of nitrogens with one attached hydrogen (secondary N) is 1. The van der Waals surface area contributed by atoms with Crippen LogP contribution in [0.25, 0.3) is 10.9 Å². The molecule has 0 radical (unpaired) electrons. The highest BCUT2D eigenvalue weighted by Gasteiger charge is 2.37. The van der Waals surface area contributed by atoms with Gasteiger partial charge >= 0.3 is 0 Å². The van der Waals surface area contributed by atoms with Gasteiger partial charge in [-0.05, 0) is 79.3 Å². The van der Waals surface area contributed by atoms with Crippen molar-refractivity contribution in [3.8, 4) is 17.2 Å². The molecule has 0 saturated heterocycles. The van der Waals surface area contributed by atoms with Gasteiger partial charge in [0.05, 0.1) is 13.2 Å². The van der Waals surface area contributed by atoms with Crippen molar-refractivity contribution < 1.29 is 19.0 Å². The summed E-state index contributed by atoms with van der Waals surface area (Å²) in [6.07, 6.45) is 1.51. The molecule has 2 aromatic heterocycles. The van der Waals surface area contributed by atoms with Gasteiger partial charge in [0.25, 0.3) is 5.91 Å². The number of benzene rings is 2. The van der Waals surface area contributed by atoms with Gasteiger partial charge in [0, 0.05) is 34.4 Å². The van der Waals surface area contributed by atoms with Gasteiger partial charge in [-0.2, -0.15) is 0 Å². The van der Waals surface area contributed by atoms with E-state index in [-0.39, 0.29) is 24.7 Å². The largest absolute Gasteiger partial charge is 0.497 e. The number of pyridine rings is 1. The molecule has 0 aliphatic carbocycles. The van der Waals surface area contributed by atoms with Crippen LogP contribution in [-0.4, -0.2) is 41.2 Å². The number of aromatic nitrogens is 2. The first-order valence-electron chi connectivity index (χ1n) is 12.4. The molecule has 2 aliphatic heterocycles. The van der Waals surface area contributed by atoms with E-state index in [0.717, 1.165) is 57.9 Å². The molecule has 8 heteroatoms. The van der Waals surface area contributed by atoms with Crippen LogP contribution in [0.1, 0.15) is 45.8 Å². The summed E-state index contributed by atoms with van der Waals surface area (Å²) in [6, 6.07) is 15.4. The molecule has 2 atom stereocenters. The van der Waals surface area contributed by atoms with E-state index in [1.54, 1.807) is 19.2 Å². The molecular weight excluding hydrogens is 490 g/mol. The number of carbonyl (C=O) groups is 1. The quantitative estimate of drug-likeness (QED) is 0.334. The van der Waals surface area contributed by atoms with E-state index in [4.69, 9.17) is 25.8 Å². The van der Waals surface area contributed by atoms with Crippen LogP contribution in [0.5, 0.6) is 17.2 Å². The number of rotatable bonds is 5. The Bertz CT molecular complexity index is 1490. The lowest BCUT2D eigenvalue weighted by molar-refractivity contribution is 0.0586. The SMILES string of the molecule is COc1ccc2[nH]c3c(c2c1)CCN(C(=O)c1cc(C)nc(Cl)c1)C3C(C)Cc1ccc2c(c1)OCO2. The van der Waals surface area contributed by atoms with Crippen LogP contribution < -0.4 is 14.2 Å². The standard InChI is InChI=1S/C29H28ClN3O4/c1-16(10-18-4-7-24-25(12-18)37-15-36-24)28-27-21(22-14-20(35-3)5-6-23(22)32-27)8-9-33(28)29(34)19-11-17(2)31-26(30)13-19/h4-7,11-14,16,28,32H,8-10,15H2,1-3H3. The Labute approximate surface area is 220 Å². The molecule has 2 aliphatic rings. The third-order valence-corrected chi connectivity index (χ3v) is 7.54. The van der Waals surface area contributed by atoms with Crippen molar-refractivity contribution in [1.82, 2.24) is 14.9 Å². The van der Waals surface area contributed by atoms with E-state index in [0.29, 0.717) is 17.3 Å². The number of aryl methyl sites for hydroxylation is 1. The maximum atomic E-state index is 13.9. The molecule has 4 aromatic rings. The molecule has 2 aromatic carbocycles. The number of carbonyl (C=O) groups excluding carboxylic acids is 1. The second-order valence-corrected chi connectivity index (χ2v) is 10.2. The van der Waals surface area contributed by atoms with Gasteiger partial charge < -0.3 is 24.1 Å². The van der Waals surface area contributed by atoms with Crippen molar-refractivity contribution in [3.05, 3.63) is 81.8 Å². The first kappa shape index (κ1) is 23.7. The zero-order valence-electron chi connectivity index (χ0n) is 21.0. The van der Waals surface area contributed by atoms with Crippen LogP contribution in [0.2, 0.25) is 5.15 Å². The second kappa shape index (κ2) is 9.30. The van der Waals surface area contributed by atoms with Crippen molar-refractivity contribution in [2.45, 2.75) is 32.7 Å². The first-order chi connectivity index (χ1) is 17.9. The fourth-order valence-corrected chi connectivity index (χ4v) is 5.96. The van der Waals surface area contributed by atoms with E-state index < -0.39 is 0 Å². The summed E-state index contributed by atoms with van der Waals surface area (Å²) in [5.74, 6) is 2.41. The topological polar surface area (TPSA) is 76.7 Å². The van der Waals surface area contributed by atoms with Crippen LogP contribution in [0.15, 0.2) is 48.5 Å². The van der Waals surface area contributed by atoms with E-state index in [9.17, 15) is 4.79 Å². The molecule has 7 nitrogen and oxygen atoms in total. The lowest BCUT2D eigenvalue weighted by atomic mass is 9.85. The molecule has 2 unspecified atom stereocenters. The third kappa shape index (κ3) is 4.27. The highest BCUT2D eigenvalue weighted by Crippen LogP contribution is 2.42. The number of hydrogen-bond donors (Lipinski definition) is 1. The fraction of sp³-hybridized carbons (Fsp3) is 0.310. The van der Waals surface area contributed by atoms with E-state index in [1.165, 1.54) is 5.56 Å². The molecule has 4 heterocycles. The molecule has 0 spiro atoms. The lowest BCUT2D eigenvalue weighted by Crippen LogP contribution is -2.43. The molecule has 6 rings (SSSR count). The van der Waals surface area contributed by atoms with E-state index in [1.807, 2.05) is 36.1 Å². The number of ether oxygens (including phenoxy) is 3. The lowest BCUT2D eigenvalue weighted by Gasteiger charge is -2.39. The summed E-state index contributed by atoms with van der Waals surface area (Å²) in [4.78, 5) is 23.8. The number of methoxy groups -OCH3 is 1. The zero-order chi connectivity index (χ0) is 25.7. The monoisotopic (exact) mass is 517 g/mol. The molecule has 190 valence electrons. The summed E-state index contributed by atoms with van der Waals surface area (Å²) in [5.41, 5.74) is 5.77. The highest BCUT2D eigenvalue weighted by molar-refractivity contribution is 6.29. The van der Waals surface area contributed by atoms with Crippen molar-refractivity contribution in [3.63, 3.8) is 0 Å². The van der Waals surface area contributed by atoms with E-state index >= 15 is 0 Å². The molecule has 1 amide bonds. The maximum Gasteiger partial charge on any atom is 0.254 e. The molecule has 37 heavy (non-hydrogen) atoms. The van der Waals surface area contributed by atoms with Crippen molar-refractivity contribution >= 4 is 28.4 Å². The van der Waals surface area contributed by atoms with Crippen LogP contribution in [0.3, 0.4) is 0 Å². The van der Waals surface area contributed by atoms with Crippen LogP contribution in [-0.2, 0) is 12.8 Å². The van der Waals surface area contributed by atoms with Gasteiger partial charge in [-0.1, -0.05) is 24.6 Å². The summed E-state index contributed by atoms with van der Waals surface area (Å²) >= 11 is 6.23. The Morgan fingerprint density at radius 2 is 2.03 bits per heavy atom. The molecule has 0 saturated carbocycles. The number of H-pyrrole nitrogens is 1. The van der Waals surface area contributed by atoms with Gasteiger partial charge in [0.2, 0.25) is 6.79 Å². The number of aromatic amines is 1. The summed E-state index contributed by atoms with van der Waals surface area (Å²) in [6.45, 7) is 4.89. The van der Waals surface area contributed by atoms with Gasteiger partial charge in [0.1, 0.15) is 10.9 Å². The molecule has 0 fully saturated rings. The van der Waals surface area contributed by atoms with E-state index in [2.05, 4.69) is 29.0 Å².